The molecule has 0 radical (unpaired) electrons. The molecule has 1 nitrogen and oxygen atoms in total. The van der Waals surface area contributed by atoms with Crippen LogP contribution in [0.1, 0.15) is 47.2 Å². The molecule has 2 aromatic carbocycles. The van der Waals surface area contributed by atoms with Crippen LogP contribution in [0.4, 0.5) is 0 Å². The van der Waals surface area contributed by atoms with Gasteiger partial charge in [-0.05, 0) is 54.0 Å². The normalized spacial score (nSPS) is 23.6. The lowest BCUT2D eigenvalue weighted by Crippen LogP contribution is -2.23. The van der Waals surface area contributed by atoms with E-state index in [-0.39, 0.29) is 0 Å². The number of halogens is 1. The highest BCUT2D eigenvalue weighted by Crippen LogP contribution is 2.39. The van der Waals surface area contributed by atoms with Gasteiger partial charge in [-0.3, -0.25) is 0 Å². The van der Waals surface area contributed by atoms with Gasteiger partial charge in [-0.1, -0.05) is 52.3 Å². The zero-order valence-electron chi connectivity index (χ0n) is 11.4. The van der Waals surface area contributed by atoms with Gasteiger partial charge in [-0.25, -0.2) is 0 Å². The van der Waals surface area contributed by atoms with Crippen molar-refractivity contribution in [2.45, 2.75) is 37.8 Å². The maximum atomic E-state index is 3.90. The number of rotatable bonds is 2. The van der Waals surface area contributed by atoms with E-state index in [1.165, 1.54) is 52.4 Å². The fourth-order valence-corrected chi connectivity index (χ4v) is 4.34. The highest BCUT2D eigenvalue weighted by Gasteiger charge is 2.29. The largest absolute Gasteiger partial charge is 0.303 e. The topological polar surface area (TPSA) is 12.0 Å². The predicted octanol–water partition coefficient (Wildman–Crippen LogP) is 4.71. The van der Waals surface area contributed by atoms with Crippen molar-refractivity contribution in [2.75, 3.05) is 0 Å². The van der Waals surface area contributed by atoms with Crippen LogP contribution in [0.2, 0.25) is 0 Å². The molecule has 0 spiro atoms. The second-order valence-corrected chi connectivity index (χ2v) is 6.71. The molecule has 0 aromatic heterocycles. The van der Waals surface area contributed by atoms with Gasteiger partial charge in [-0.15, -0.1) is 0 Å². The molecule has 2 atom stereocenters. The van der Waals surface area contributed by atoms with Gasteiger partial charge < -0.3 is 5.32 Å². The highest BCUT2D eigenvalue weighted by atomic mass is 79.9. The molecule has 0 saturated heterocycles. The van der Waals surface area contributed by atoms with Crippen molar-refractivity contribution in [3.63, 3.8) is 0 Å². The molecule has 2 unspecified atom stereocenters. The monoisotopic (exact) mass is 327 g/mol. The summed E-state index contributed by atoms with van der Waals surface area (Å²) in [6.07, 6.45) is 4.85. The number of benzene rings is 2. The average molecular weight is 328 g/mol. The summed E-state index contributed by atoms with van der Waals surface area (Å²) in [6.45, 7) is 0. The van der Waals surface area contributed by atoms with E-state index >= 15 is 0 Å². The summed E-state index contributed by atoms with van der Waals surface area (Å²) in [5.74, 6) is 0. The number of nitrogens with one attached hydrogen (secondary N) is 1. The molecule has 0 saturated carbocycles. The molecule has 2 aromatic rings. The van der Waals surface area contributed by atoms with Crippen molar-refractivity contribution >= 4 is 15.9 Å². The van der Waals surface area contributed by atoms with Gasteiger partial charge in [0.05, 0.1) is 0 Å². The highest BCUT2D eigenvalue weighted by molar-refractivity contribution is 9.10. The summed E-state index contributed by atoms with van der Waals surface area (Å²) < 4.78 is 1.27. The summed E-state index contributed by atoms with van der Waals surface area (Å²) in [5, 5.41) is 3.90. The first-order valence-corrected chi connectivity index (χ1v) is 8.23. The minimum atomic E-state index is 0.513. The van der Waals surface area contributed by atoms with Crippen LogP contribution in [0.3, 0.4) is 0 Å². The van der Waals surface area contributed by atoms with Crippen molar-refractivity contribution in [2.24, 2.45) is 0 Å². The maximum absolute atomic E-state index is 3.90. The zero-order valence-corrected chi connectivity index (χ0v) is 13.0. The Morgan fingerprint density at radius 3 is 2.55 bits per heavy atom. The lowest BCUT2D eigenvalue weighted by molar-refractivity contribution is 0.440. The SMILES string of the molecule is Brc1cccc2c1CCC2NC1CCc2ccccc21. The number of aryl methyl sites for hydroxylation is 1. The van der Waals surface area contributed by atoms with Crippen LogP contribution >= 0.6 is 15.9 Å². The van der Waals surface area contributed by atoms with Crippen LogP contribution in [-0.4, -0.2) is 0 Å². The second-order valence-electron chi connectivity index (χ2n) is 5.86. The Labute approximate surface area is 128 Å². The molecule has 2 heteroatoms. The Bertz CT molecular complexity index is 650. The van der Waals surface area contributed by atoms with Crippen LogP contribution < -0.4 is 5.32 Å². The summed E-state index contributed by atoms with van der Waals surface area (Å²) >= 11 is 3.69. The third-order valence-electron chi connectivity index (χ3n) is 4.75. The van der Waals surface area contributed by atoms with Crippen molar-refractivity contribution in [1.82, 2.24) is 5.32 Å². The summed E-state index contributed by atoms with van der Waals surface area (Å²) in [7, 11) is 0. The summed E-state index contributed by atoms with van der Waals surface area (Å²) in [6, 6.07) is 16.5. The van der Waals surface area contributed by atoms with E-state index in [9.17, 15) is 0 Å². The minimum absolute atomic E-state index is 0.513. The smallest absolute Gasteiger partial charge is 0.0332 e. The first kappa shape index (κ1) is 12.6. The molecule has 1 N–H and O–H groups in total. The minimum Gasteiger partial charge on any atom is -0.303 e. The van der Waals surface area contributed by atoms with E-state index in [0.717, 1.165) is 0 Å². The standard InChI is InChI=1S/C18H18BrN/c19-16-7-3-6-15-14(16)9-11-18(15)20-17-10-8-12-4-1-2-5-13(12)17/h1-7,17-18,20H,8-11H2. The van der Waals surface area contributed by atoms with E-state index < -0.39 is 0 Å². The van der Waals surface area contributed by atoms with E-state index in [4.69, 9.17) is 0 Å². The molecule has 0 amide bonds. The first-order valence-electron chi connectivity index (χ1n) is 7.44. The van der Waals surface area contributed by atoms with Crippen LogP contribution in [0, 0.1) is 0 Å². The van der Waals surface area contributed by atoms with Gasteiger partial charge in [0.1, 0.15) is 0 Å². The fraction of sp³-hybridized carbons (Fsp3) is 0.333. The van der Waals surface area contributed by atoms with Gasteiger partial charge in [0.15, 0.2) is 0 Å². The second kappa shape index (κ2) is 5.01. The Hall–Kier alpha value is -1.12. The van der Waals surface area contributed by atoms with Gasteiger partial charge >= 0.3 is 0 Å². The van der Waals surface area contributed by atoms with Crippen molar-refractivity contribution < 1.29 is 0 Å². The van der Waals surface area contributed by atoms with Gasteiger partial charge in [0.2, 0.25) is 0 Å². The lowest BCUT2D eigenvalue weighted by Gasteiger charge is -2.21. The molecule has 0 aliphatic heterocycles. The molecular formula is C18H18BrN. The molecule has 0 heterocycles. The third kappa shape index (κ3) is 2.02. The maximum Gasteiger partial charge on any atom is 0.0332 e. The molecule has 2 aliphatic rings. The van der Waals surface area contributed by atoms with Gasteiger partial charge in [0, 0.05) is 16.6 Å². The summed E-state index contributed by atoms with van der Waals surface area (Å²) in [5.41, 5.74) is 6.02. The first-order chi connectivity index (χ1) is 9.83. The Morgan fingerprint density at radius 1 is 0.850 bits per heavy atom. The third-order valence-corrected chi connectivity index (χ3v) is 5.49. The van der Waals surface area contributed by atoms with Crippen LogP contribution in [0.15, 0.2) is 46.9 Å². The van der Waals surface area contributed by atoms with Crippen LogP contribution in [0.25, 0.3) is 0 Å². The molecule has 0 bridgehead atoms. The predicted molar refractivity (Wildman–Crippen MR) is 85.8 cm³/mol. The van der Waals surface area contributed by atoms with Crippen molar-refractivity contribution in [3.8, 4) is 0 Å². The van der Waals surface area contributed by atoms with Crippen LogP contribution in [-0.2, 0) is 12.8 Å². The van der Waals surface area contributed by atoms with Gasteiger partial charge in [0.25, 0.3) is 0 Å². The van der Waals surface area contributed by atoms with E-state index in [0.29, 0.717) is 12.1 Å². The van der Waals surface area contributed by atoms with E-state index in [1.807, 2.05) is 0 Å². The number of hydrogen-bond acceptors (Lipinski definition) is 1. The lowest BCUT2D eigenvalue weighted by atomic mass is 10.0. The summed E-state index contributed by atoms with van der Waals surface area (Å²) in [4.78, 5) is 0. The Kier molecular flexibility index (Phi) is 3.16. The molecule has 102 valence electrons. The average Bonchev–Trinajstić information content (AvgIpc) is 3.06. The van der Waals surface area contributed by atoms with Crippen molar-refractivity contribution in [1.29, 1.82) is 0 Å². The molecule has 0 fully saturated rings. The number of hydrogen-bond donors (Lipinski definition) is 1. The van der Waals surface area contributed by atoms with Crippen LogP contribution in [0.5, 0.6) is 0 Å². The zero-order chi connectivity index (χ0) is 13.5. The van der Waals surface area contributed by atoms with Gasteiger partial charge in [-0.2, -0.15) is 0 Å². The van der Waals surface area contributed by atoms with E-state index in [2.05, 4.69) is 63.7 Å². The van der Waals surface area contributed by atoms with E-state index in [1.54, 1.807) is 0 Å². The van der Waals surface area contributed by atoms with Crippen molar-refractivity contribution in [3.05, 3.63) is 69.2 Å². The quantitative estimate of drug-likeness (QED) is 0.842. The molecule has 4 rings (SSSR count). The Balaban J connectivity index is 1.60. The Morgan fingerprint density at radius 2 is 1.60 bits per heavy atom. The fourth-order valence-electron chi connectivity index (χ4n) is 3.76. The molecular weight excluding hydrogens is 310 g/mol. The molecule has 2 aliphatic carbocycles. The molecule has 20 heavy (non-hydrogen) atoms. The number of fused-ring (bicyclic) bond motifs is 2.